The Bertz CT molecular complexity index is 1050. The molecule has 1 aliphatic heterocycles. The second-order valence-corrected chi connectivity index (χ2v) is 9.50. The molecule has 30 heavy (non-hydrogen) atoms. The number of carbonyl (C=O) groups excluding carboxylic acids is 1. The summed E-state index contributed by atoms with van der Waals surface area (Å²) >= 11 is 3.08. The Balaban J connectivity index is 1.28. The summed E-state index contributed by atoms with van der Waals surface area (Å²) in [6.07, 6.45) is -2.87. The Morgan fingerprint density at radius 3 is 2.60 bits per heavy atom. The van der Waals surface area contributed by atoms with Crippen LogP contribution in [0.15, 0.2) is 23.7 Å². The van der Waals surface area contributed by atoms with Crippen LogP contribution in [0.1, 0.15) is 27.0 Å². The minimum atomic E-state index is -4.43. The van der Waals surface area contributed by atoms with Crippen LogP contribution >= 0.6 is 22.7 Å². The van der Waals surface area contributed by atoms with Gasteiger partial charge in [-0.1, -0.05) is 6.07 Å². The van der Waals surface area contributed by atoms with Gasteiger partial charge in [-0.05, 0) is 25.5 Å². The molecule has 0 saturated carbocycles. The Hall–Kier alpha value is -2.17. The lowest BCUT2D eigenvalue weighted by Gasteiger charge is -2.38. The molecular weight excluding hydrogens is 433 g/mol. The third-order valence-corrected chi connectivity index (χ3v) is 6.89. The maximum absolute atomic E-state index is 12.6. The van der Waals surface area contributed by atoms with Crippen LogP contribution in [0.3, 0.4) is 0 Å². The molecule has 0 radical (unpaired) electrons. The largest absolute Gasteiger partial charge is 0.433 e. The molecule has 1 fully saturated rings. The summed E-state index contributed by atoms with van der Waals surface area (Å²) < 4.78 is 37.7. The van der Waals surface area contributed by atoms with E-state index in [2.05, 4.69) is 15.0 Å². The number of hydrogen-bond acceptors (Lipinski definition) is 7. The number of halogens is 3. The first-order valence-electron chi connectivity index (χ1n) is 9.35. The monoisotopic (exact) mass is 452 g/mol. The highest BCUT2D eigenvalue weighted by molar-refractivity contribution is 7.16. The number of hydrogen-bond donors (Lipinski definition) is 0. The van der Waals surface area contributed by atoms with E-state index in [-0.39, 0.29) is 11.7 Å². The van der Waals surface area contributed by atoms with Crippen LogP contribution in [0.2, 0.25) is 0 Å². The van der Waals surface area contributed by atoms with Gasteiger partial charge in [0.1, 0.15) is 16.5 Å². The first-order valence-corrected chi connectivity index (χ1v) is 11.0. The third-order valence-electron chi connectivity index (χ3n) is 4.95. The van der Waals surface area contributed by atoms with Gasteiger partial charge in [0, 0.05) is 37.1 Å². The maximum atomic E-state index is 12.6. The molecule has 1 saturated heterocycles. The molecular formula is C20H19F3N4OS2. The normalized spacial score (nSPS) is 15.4. The van der Waals surface area contributed by atoms with Crippen LogP contribution < -0.4 is 0 Å². The van der Waals surface area contributed by atoms with E-state index >= 15 is 0 Å². The fourth-order valence-corrected chi connectivity index (χ4v) is 5.16. The average molecular weight is 453 g/mol. The molecule has 3 aromatic rings. The second-order valence-electron chi connectivity index (χ2n) is 7.36. The first-order chi connectivity index (χ1) is 14.2. The quantitative estimate of drug-likeness (QED) is 0.550. The van der Waals surface area contributed by atoms with Crippen molar-refractivity contribution in [3.63, 3.8) is 0 Å². The fourth-order valence-electron chi connectivity index (χ4n) is 3.41. The molecule has 0 aromatic carbocycles. The zero-order valence-electron chi connectivity index (χ0n) is 16.4. The van der Waals surface area contributed by atoms with Crippen molar-refractivity contribution in [2.75, 3.05) is 13.1 Å². The van der Waals surface area contributed by atoms with Gasteiger partial charge in [-0.2, -0.15) is 13.2 Å². The summed E-state index contributed by atoms with van der Waals surface area (Å²) in [7, 11) is 0. The number of likely N-dealkylation sites (tertiary alicyclic amines) is 1. The lowest BCUT2D eigenvalue weighted by molar-refractivity contribution is -0.141. The topological polar surface area (TPSA) is 59.0 Å². The Morgan fingerprint density at radius 1 is 1.23 bits per heavy atom. The SMILES string of the molecule is Cc1nc(C)c(-c2csc(CC(=O)C3CN(Cc4ccc(C(F)(F)F)nc4)C3)n2)s1. The highest BCUT2D eigenvalue weighted by Crippen LogP contribution is 2.31. The number of thiazole rings is 2. The number of nitrogens with zero attached hydrogens (tertiary/aromatic N) is 4. The molecule has 0 aliphatic carbocycles. The fraction of sp³-hybridized carbons (Fsp3) is 0.400. The van der Waals surface area contributed by atoms with Crippen LogP contribution in [-0.2, 0) is 23.9 Å². The van der Waals surface area contributed by atoms with Crippen molar-refractivity contribution in [2.45, 2.75) is 33.0 Å². The number of alkyl halides is 3. The number of aryl methyl sites for hydroxylation is 2. The number of pyridine rings is 1. The van der Waals surface area contributed by atoms with Crippen molar-refractivity contribution >= 4 is 28.5 Å². The van der Waals surface area contributed by atoms with Gasteiger partial charge in [0.05, 0.1) is 27.7 Å². The van der Waals surface area contributed by atoms with Crippen LogP contribution in [0.5, 0.6) is 0 Å². The molecule has 0 unspecified atom stereocenters. The highest BCUT2D eigenvalue weighted by atomic mass is 32.1. The van der Waals surface area contributed by atoms with Gasteiger partial charge in [-0.25, -0.2) is 9.97 Å². The molecule has 4 heterocycles. The van der Waals surface area contributed by atoms with E-state index in [0.29, 0.717) is 31.6 Å². The lowest BCUT2D eigenvalue weighted by atomic mass is 9.93. The summed E-state index contributed by atoms with van der Waals surface area (Å²) in [6, 6.07) is 2.43. The van der Waals surface area contributed by atoms with E-state index in [0.717, 1.165) is 32.3 Å². The molecule has 3 aromatic heterocycles. The molecule has 158 valence electrons. The molecule has 10 heteroatoms. The van der Waals surface area contributed by atoms with Gasteiger partial charge >= 0.3 is 6.18 Å². The number of ketones is 1. The van der Waals surface area contributed by atoms with E-state index in [9.17, 15) is 18.0 Å². The van der Waals surface area contributed by atoms with E-state index in [4.69, 9.17) is 0 Å². The van der Waals surface area contributed by atoms with Crippen LogP contribution in [0, 0.1) is 19.8 Å². The van der Waals surface area contributed by atoms with Gasteiger partial charge in [-0.15, -0.1) is 22.7 Å². The minimum Gasteiger partial charge on any atom is -0.299 e. The van der Waals surface area contributed by atoms with Crippen molar-refractivity contribution in [3.05, 3.63) is 50.7 Å². The summed E-state index contributed by atoms with van der Waals surface area (Å²) in [5.41, 5.74) is 1.63. The van der Waals surface area contributed by atoms with Crippen molar-refractivity contribution in [1.82, 2.24) is 19.9 Å². The molecule has 0 N–H and O–H groups in total. The van der Waals surface area contributed by atoms with Crippen LogP contribution in [0.4, 0.5) is 13.2 Å². The lowest BCUT2D eigenvalue weighted by Crippen LogP contribution is -2.50. The number of rotatable bonds is 6. The zero-order valence-corrected chi connectivity index (χ0v) is 18.0. The standard InChI is InChI=1S/C20H19F3N4OS2/c1-11-19(30-12(2)25-11)15-10-29-18(26-15)5-16(28)14-8-27(9-14)7-13-3-4-17(24-6-13)20(21,22)23/h3-4,6,10,14H,5,7-9H2,1-2H3. The van der Waals surface area contributed by atoms with Crippen LogP contribution in [-0.4, -0.2) is 38.7 Å². The molecule has 0 spiro atoms. The predicted octanol–water partition coefficient (Wildman–Crippen LogP) is 4.54. The Morgan fingerprint density at radius 2 is 2.00 bits per heavy atom. The van der Waals surface area contributed by atoms with Gasteiger partial charge in [0.25, 0.3) is 0 Å². The highest BCUT2D eigenvalue weighted by Gasteiger charge is 2.34. The van der Waals surface area contributed by atoms with Crippen molar-refractivity contribution in [2.24, 2.45) is 5.92 Å². The molecule has 0 bridgehead atoms. The van der Waals surface area contributed by atoms with E-state index in [1.165, 1.54) is 23.6 Å². The molecule has 1 aliphatic rings. The predicted molar refractivity (Wildman–Crippen MR) is 109 cm³/mol. The Labute approximate surface area is 179 Å². The molecule has 0 atom stereocenters. The van der Waals surface area contributed by atoms with Gasteiger partial charge in [-0.3, -0.25) is 14.7 Å². The van der Waals surface area contributed by atoms with Crippen molar-refractivity contribution < 1.29 is 18.0 Å². The average Bonchev–Trinajstić information content (AvgIpc) is 3.22. The molecule has 4 rings (SSSR count). The van der Waals surface area contributed by atoms with E-state index in [1.807, 2.05) is 24.1 Å². The summed E-state index contributed by atoms with van der Waals surface area (Å²) in [4.78, 5) is 28.1. The number of aromatic nitrogens is 3. The molecule has 5 nitrogen and oxygen atoms in total. The van der Waals surface area contributed by atoms with Crippen LogP contribution in [0.25, 0.3) is 10.6 Å². The third kappa shape index (κ3) is 4.60. The Kier molecular flexibility index (Phi) is 5.73. The zero-order chi connectivity index (χ0) is 21.5. The van der Waals surface area contributed by atoms with E-state index < -0.39 is 11.9 Å². The summed E-state index contributed by atoms with van der Waals surface area (Å²) in [6.45, 7) is 5.61. The summed E-state index contributed by atoms with van der Waals surface area (Å²) in [5.74, 6) is 0.0852. The smallest absolute Gasteiger partial charge is 0.299 e. The molecule has 0 amide bonds. The second kappa shape index (κ2) is 8.16. The van der Waals surface area contributed by atoms with Gasteiger partial charge < -0.3 is 0 Å². The number of carbonyl (C=O) groups is 1. The van der Waals surface area contributed by atoms with Gasteiger partial charge in [0.15, 0.2) is 0 Å². The number of Topliss-reactive ketones (excluding diaryl/α,β-unsaturated/α-hetero) is 1. The van der Waals surface area contributed by atoms with Gasteiger partial charge in [0.2, 0.25) is 0 Å². The minimum absolute atomic E-state index is 0.0628. The van der Waals surface area contributed by atoms with Crippen molar-refractivity contribution in [3.8, 4) is 10.6 Å². The maximum Gasteiger partial charge on any atom is 0.433 e. The van der Waals surface area contributed by atoms with E-state index in [1.54, 1.807) is 11.3 Å². The van der Waals surface area contributed by atoms with Crippen molar-refractivity contribution in [1.29, 1.82) is 0 Å². The summed E-state index contributed by atoms with van der Waals surface area (Å²) in [5, 5.41) is 3.75. The first kappa shape index (κ1) is 21.1.